The predicted octanol–water partition coefficient (Wildman–Crippen LogP) is 1.82. The number of hydrogen-bond donors (Lipinski definition) is 1. The van der Waals surface area contributed by atoms with E-state index in [9.17, 15) is 13.2 Å². The Morgan fingerprint density at radius 3 is 2.65 bits per heavy atom. The van der Waals surface area contributed by atoms with Gasteiger partial charge < -0.3 is 4.90 Å². The molecule has 9 heteroatoms. The van der Waals surface area contributed by atoms with Crippen LogP contribution in [0.25, 0.3) is 0 Å². The summed E-state index contributed by atoms with van der Waals surface area (Å²) in [7, 11) is -2.14. The average molecular weight is 379 g/mol. The molecule has 2 rings (SSSR count). The van der Waals surface area contributed by atoms with Crippen molar-refractivity contribution in [1.82, 2.24) is 24.4 Å². The molecule has 0 radical (unpaired) electrons. The number of hydrogen-bond acceptors (Lipinski definition) is 5. The number of benzene rings is 1. The second kappa shape index (κ2) is 8.41. The van der Waals surface area contributed by atoms with Crippen molar-refractivity contribution < 1.29 is 13.2 Å². The summed E-state index contributed by atoms with van der Waals surface area (Å²) in [5.41, 5.74) is 0.335. The summed E-state index contributed by atoms with van der Waals surface area (Å²) in [6, 6.07) is 5.55. The Balaban J connectivity index is 2.31. The van der Waals surface area contributed by atoms with Gasteiger partial charge in [0.15, 0.2) is 0 Å². The number of amides is 1. The molecule has 8 nitrogen and oxygen atoms in total. The molecule has 26 heavy (non-hydrogen) atoms. The number of nitrogens with one attached hydrogen (secondary N) is 1. The van der Waals surface area contributed by atoms with Gasteiger partial charge in [-0.2, -0.15) is 5.10 Å². The fourth-order valence-corrected chi connectivity index (χ4v) is 3.84. The molecule has 2 aromatic rings. The van der Waals surface area contributed by atoms with Gasteiger partial charge in [-0.25, -0.2) is 22.8 Å². The average Bonchev–Trinajstić information content (AvgIpc) is 3.13. The zero-order valence-corrected chi connectivity index (χ0v) is 16.3. The SMILES string of the molecule is CC[C@@H](NS(=O)(=O)c1cccc(C(=O)N(C)CC)c1)c1ncnn1CC. The Morgan fingerprint density at radius 2 is 2.04 bits per heavy atom. The molecule has 0 aliphatic heterocycles. The standard InChI is InChI=1S/C17H25N5O3S/c1-5-15(16-18-12-19-22(16)7-3)20-26(24,25)14-10-8-9-13(11-14)17(23)21(4)6-2/h8-12,15,20H,5-7H2,1-4H3/t15-/m1/s1. The third kappa shape index (κ3) is 4.28. The molecule has 1 aromatic heterocycles. The van der Waals surface area contributed by atoms with Crippen molar-refractivity contribution in [2.45, 2.75) is 44.7 Å². The van der Waals surface area contributed by atoms with Gasteiger partial charge in [0.05, 0.1) is 10.9 Å². The van der Waals surface area contributed by atoms with E-state index in [-0.39, 0.29) is 10.8 Å². The Morgan fingerprint density at radius 1 is 1.31 bits per heavy atom. The van der Waals surface area contributed by atoms with Gasteiger partial charge in [0, 0.05) is 25.7 Å². The van der Waals surface area contributed by atoms with Crippen molar-refractivity contribution in [2.75, 3.05) is 13.6 Å². The number of sulfonamides is 1. The molecule has 1 N–H and O–H groups in total. The molecule has 0 saturated carbocycles. The van der Waals surface area contributed by atoms with E-state index in [1.807, 2.05) is 20.8 Å². The van der Waals surface area contributed by atoms with E-state index in [0.717, 1.165) is 0 Å². The first kappa shape index (κ1) is 20.1. The predicted molar refractivity (Wildman–Crippen MR) is 98.1 cm³/mol. The maximum Gasteiger partial charge on any atom is 0.253 e. The fourth-order valence-electron chi connectivity index (χ4n) is 2.52. The van der Waals surface area contributed by atoms with Gasteiger partial charge >= 0.3 is 0 Å². The number of nitrogens with zero attached hydrogens (tertiary/aromatic N) is 4. The minimum absolute atomic E-state index is 0.0499. The molecular formula is C17H25N5O3S. The monoisotopic (exact) mass is 379 g/mol. The van der Waals surface area contributed by atoms with Crippen LogP contribution >= 0.6 is 0 Å². The molecule has 0 saturated heterocycles. The zero-order chi connectivity index (χ0) is 19.3. The van der Waals surface area contributed by atoms with Crippen LogP contribution in [0.5, 0.6) is 0 Å². The van der Waals surface area contributed by atoms with Crippen LogP contribution in [0.4, 0.5) is 0 Å². The summed E-state index contributed by atoms with van der Waals surface area (Å²) >= 11 is 0. The third-order valence-corrected chi connectivity index (χ3v) is 5.64. The first-order chi connectivity index (χ1) is 12.3. The minimum atomic E-state index is -3.81. The molecule has 142 valence electrons. The number of aromatic nitrogens is 3. The number of carbonyl (C=O) groups excluding carboxylic acids is 1. The summed E-state index contributed by atoms with van der Waals surface area (Å²) in [6.45, 7) is 6.78. The highest BCUT2D eigenvalue weighted by Crippen LogP contribution is 2.19. The minimum Gasteiger partial charge on any atom is -0.342 e. The van der Waals surface area contributed by atoms with Gasteiger partial charge in [-0.05, 0) is 38.5 Å². The molecule has 0 unspecified atom stereocenters. The smallest absolute Gasteiger partial charge is 0.253 e. The second-order valence-corrected chi connectivity index (χ2v) is 7.58. The first-order valence-electron chi connectivity index (χ1n) is 8.59. The van der Waals surface area contributed by atoms with Crippen molar-refractivity contribution in [3.05, 3.63) is 42.0 Å². The Bertz CT molecular complexity index is 863. The maximum absolute atomic E-state index is 12.8. The number of aryl methyl sites for hydroxylation is 1. The van der Waals surface area contributed by atoms with Gasteiger partial charge in [-0.1, -0.05) is 13.0 Å². The lowest BCUT2D eigenvalue weighted by Gasteiger charge is -2.18. The van der Waals surface area contributed by atoms with Gasteiger partial charge in [-0.3, -0.25) is 4.79 Å². The van der Waals surface area contributed by atoms with Crippen LogP contribution in [0.3, 0.4) is 0 Å². The van der Waals surface area contributed by atoms with Gasteiger partial charge in [0.1, 0.15) is 12.2 Å². The third-order valence-electron chi connectivity index (χ3n) is 4.17. The van der Waals surface area contributed by atoms with Crippen LogP contribution < -0.4 is 4.72 Å². The number of carbonyl (C=O) groups is 1. The molecular weight excluding hydrogens is 354 g/mol. The maximum atomic E-state index is 12.8. The van der Waals surface area contributed by atoms with Gasteiger partial charge in [0.2, 0.25) is 10.0 Å². The lowest BCUT2D eigenvalue weighted by Crippen LogP contribution is -2.31. The van der Waals surface area contributed by atoms with Crippen molar-refractivity contribution in [2.24, 2.45) is 0 Å². The normalized spacial score (nSPS) is 12.8. The largest absolute Gasteiger partial charge is 0.342 e. The number of rotatable bonds is 8. The lowest BCUT2D eigenvalue weighted by atomic mass is 10.2. The van der Waals surface area contributed by atoms with Crippen molar-refractivity contribution in [1.29, 1.82) is 0 Å². The lowest BCUT2D eigenvalue weighted by molar-refractivity contribution is 0.0802. The quantitative estimate of drug-likeness (QED) is 0.754. The Kier molecular flexibility index (Phi) is 6.49. The first-order valence-corrected chi connectivity index (χ1v) is 10.1. The van der Waals surface area contributed by atoms with Gasteiger partial charge in [-0.15, -0.1) is 0 Å². The summed E-state index contributed by atoms with van der Waals surface area (Å²) < 4.78 is 30.0. The zero-order valence-electron chi connectivity index (χ0n) is 15.5. The van der Waals surface area contributed by atoms with Crippen LogP contribution in [0.1, 0.15) is 49.4 Å². The van der Waals surface area contributed by atoms with Crippen molar-refractivity contribution >= 4 is 15.9 Å². The topological polar surface area (TPSA) is 97.2 Å². The van der Waals surface area contributed by atoms with E-state index >= 15 is 0 Å². The summed E-state index contributed by atoms with van der Waals surface area (Å²) in [5.74, 6) is 0.346. The molecule has 0 fully saturated rings. The summed E-state index contributed by atoms with van der Waals surface area (Å²) in [4.78, 5) is 18.0. The molecule has 0 aliphatic carbocycles. The van der Waals surface area contributed by atoms with Crippen molar-refractivity contribution in [3.8, 4) is 0 Å². The van der Waals surface area contributed by atoms with E-state index in [4.69, 9.17) is 0 Å². The highest BCUT2D eigenvalue weighted by molar-refractivity contribution is 7.89. The van der Waals surface area contributed by atoms with E-state index in [1.165, 1.54) is 23.4 Å². The highest BCUT2D eigenvalue weighted by atomic mass is 32.2. The molecule has 0 spiro atoms. The van der Waals surface area contributed by atoms with Crippen LogP contribution in [0.2, 0.25) is 0 Å². The van der Waals surface area contributed by atoms with Gasteiger partial charge in [0.25, 0.3) is 5.91 Å². The molecule has 0 aliphatic rings. The summed E-state index contributed by atoms with van der Waals surface area (Å²) in [6.07, 6.45) is 1.94. The molecule has 1 aromatic carbocycles. The Labute approximate surface area is 154 Å². The van der Waals surface area contributed by atoms with E-state index in [0.29, 0.717) is 30.9 Å². The molecule has 1 atom stereocenters. The van der Waals surface area contributed by atoms with Crippen LogP contribution in [0.15, 0.2) is 35.5 Å². The summed E-state index contributed by atoms with van der Waals surface area (Å²) in [5, 5.41) is 4.09. The van der Waals surface area contributed by atoms with E-state index < -0.39 is 16.1 Å². The van der Waals surface area contributed by atoms with Crippen molar-refractivity contribution in [3.63, 3.8) is 0 Å². The van der Waals surface area contributed by atoms with E-state index in [1.54, 1.807) is 23.9 Å². The molecule has 0 bridgehead atoms. The fraction of sp³-hybridized carbons (Fsp3) is 0.471. The van der Waals surface area contributed by atoms with E-state index in [2.05, 4.69) is 14.8 Å². The van der Waals surface area contributed by atoms with Crippen LogP contribution in [-0.2, 0) is 16.6 Å². The second-order valence-electron chi connectivity index (χ2n) is 5.86. The van der Waals surface area contributed by atoms with Crippen LogP contribution in [-0.4, -0.2) is 47.6 Å². The Hall–Kier alpha value is -2.26. The highest BCUT2D eigenvalue weighted by Gasteiger charge is 2.24. The molecule has 1 amide bonds. The van der Waals surface area contributed by atoms with Crippen LogP contribution in [0, 0.1) is 0 Å². The molecule has 1 heterocycles.